The van der Waals surface area contributed by atoms with Crippen LogP contribution in [0.25, 0.3) is 43.4 Å². The first kappa shape index (κ1) is 29.4. The Morgan fingerprint density at radius 3 is 2.00 bits per heavy atom. The van der Waals surface area contributed by atoms with Crippen molar-refractivity contribution in [3.63, 3.8) is 0 Å². The summed E-state index contributed by atoms with van der Waals surface area (Å²) in [6.45, 7) is 3.46. The van der Waals surface area contributed by atoms with Gasteiger partial charge in [0.2, 0.25) is 0 Å². The minimum Gasteiger partial charge on any atom is -0.443 e. The van der Waals surface area contributed by atoms with Gasteiger partial charge in [-0.05, 0) is 64.7 Å². The topological polar surface area (TPSA) is 107 Å². The van der Waals surface area contributed by atoms with Gasteiger partial charge in [0.05, 0.1) is 5.39 Å². The summed E-state index contributed by atoms with van der Waals surface area (Å²) in [5.74, 6) is 0. The molecule has 0 saturated heterocycles. The smallest absolute Gasteiger partial charge is 0.258 e. The lowest BCUT2D eigenvalue weighted by molar-refractivity contribution is 0.349. The Hall–Kier alpha value is -5.32. The average molecular weight is 615 g/mol. The van der Waals surface area contributed by atoms with E-state index in [-0.39, 0.29) is 16.7 Å². The molecule has 0 fully saturated rings. The maximum atomic E-state index is 12.1. The van der Waals surface area contributed by atoms with Gasteiger partial charge in [0, 0.05) is 75.7 Å². The van der Waals surface area contributed by atoms with E-state index >= 15 is 0 Å². The van der Waals surface area contributed by atoms with E-state index in [0.717, 1.165) is 70.0 Å². The van der Waals surface area contributed by atoms with Crippen LogP contribution in [0.15, 0.2) is 98.1 Å². The Morgan fingerprint density at radius 1 is 0.674 bits per heavy atom. The van der Waals surface area contributed by atoms with Crippen LogP contribution in [-0.2, 0) is 47.3 Å². The summed E-state index contributed by atoms with van der Waals surface area (Å²) in [6, 6.07) is 21.2. The molecule has 0 saturated carbocycles. The second-order valence-corrected chi connectivity index (χ2v) is 11.9. The van der Waals surface area contributed by atoms with Crippen molar-refractivity contribution in [1.82, 2.24) is 28.9 Å². The molecule has 1 N–H and O–H groups in total. The van der Waals surface area contributed by atoms with Crippen molar-refractivity contribution in [2.45, 2.75) is 26.2 Å². The van der Waals surface area contributed by atoms with Gasteiger partial charge < -0.3 is 23.4 Å². The Labute approximate surface area is 263 Å². The van der Waals surface area contributed by atoms with Crippen LogP contribution in [0.1, 0.15) is 22.5 Å². The Morgan fingerprint density at radius 2 is 1.30 bits per heavy atom. The summed E-state index contributed by atoms with van der Waals surface area (Å²) in [6.07, 6.45) is 3.13. The van der Waals surface area contributed by atoms with E-state index < -0.39 is 0 Å². The summed E-state index contributed by atoms with van der Waals surface area (Å²) in [7, 11) is 7.53. The van der Waals surface area contributed by atoms with Gasteiger partial charge >= 0.3 is 0 Å². The zero-order valence-corrected chi connectivity index (χ0v) is 26.2. The molecule has 2 aliphatic heterocycles. The average Bonchev–Trinajstić information content (AvgIpc) is 3.84. The Balaban J connectivity index is 0.000000110. The van der Waals surface area contributed by atoms with Crippen molar-refractivity contribution in [1.29, 1.82) is 0 Å². The maximum Gasteiger partial charge on any atom is 0.258 e. The van der Waals surface area contributed by atoms with E-state index in [1.165, 1.54) is 17.5 Å². The van der Waals surface area contributed by atoms with Crippen LogP contribution in [0.5, 0.6) is 0 Å². The zero-order chi connectivity index (χ0) is 32.1. The first-order chi connectivity index (χ1) is 22.2. The van der Waals surface area contributed by atoms with E-state index in [0.29, 0.717) is 11.0 Å². The predicted molar refractivity (Wildman–Crippen MR) is 181 cm³/mol. The van der Waals surface area contributed by atoms with E-state index in [1.807, 2.05) is 68.7 Å². The molecule has 0 aliphatic carbocycles. The van der Waals surface area contributed by atoms with Crippen LogP contribution >= 0.6 is 0 Å². The van der Waals surface area contributed by atoms with Gasteiger partial charge in [0.15, 0.2) is 12.0 Å². The monoisotopic (exact) mass is 614 g/mol. The highest BCUT2D eigenvalue weighted by atomic mass is 16.3. The van der Waals surface area contributed by atoms with E-state index in [1.54, 1.807) is 33.0 Å². The molecule has 6 heterocycles. The van der Waals surface area contributed by atoms with Crippen LogP contribution in [0.4, 0.5) is 0 Å². The molecular weight excluding hydrogens is 580 g/mol. The highest BCUT2D eigenvalue weighted by molar-refractivity contribution is 5.93. The van der Waals surface area contributed by atoms with Crippen LogP contribution in [0.3, 0.4) is 0 Å². The van der Waals surface area contributed by atoms with Crippen molar-refractivity contribution >= 4 is 43.4 Å². The standard InChI is InChI=1S/C13H14N2O.C12H12N2O.C11H8N2O2/c1-14-7-11-9-5-3-4-6-10(9)13(16)15(2)12(11)8-14;1-14-11-7-13-6-10(11)8-4-2-3-5-9(8)12(14)15;1-13-3-2-7-4-9-10(15-6-12-9)5-8(7)11(13)14/h3-6H,7-8H2,1-2H3;2-5,13H,6-7H2,1H3;2-6H,1H3. The molecule has 0 unspecified atom stereocenters. The molecule has 0 bridgehead atoms. The van der Waals surface area contributed by atoms with Gasteiger partial charge in [0.1, 0.15) is 5.52 Å². The Kier molecular flexibility index (Phi) is 7.38. The second kappa shape index (κ2) is 11.6. The number of hydrogen-bond donors (Lipinski definition) is 1. The number of fused-ring (bicyclic) bond motifs is 8. The molecule has 0 radical (unpaired) electrons. The third-order valence-corrected chi connectivity index (χ3v) is 9.05. The fourth-order valence-electron chi connectivity index (χ4n) is 6.57. The fraction of sp³-hybridized carbons (Fsp3) is 0.222. The van der Waals surface area contributed by atoms with Gasteiger partial charge in [-0.3, -0.25) is 19.3 Å². The van der Waals surface area contributed by atoms with Crippen LogP contribution in [0.2, 0.25) is 0 Å². The van der Waals surface area contributed by atoms with E-state index in [9.17, 15) is 14.4 Å². The number of aromatic nitrogens is 4. The first-order valence-corrected chi connectivity index (χ1v) is 15.1. The minimum absolute atomic E-state index is 0.0224. The number of rotatable bonds is 0. The number of hydrogen-bond acceptors (Lipinski definition) is 7. The summed E-state index contributed by atoms with van der Waals surface area (Å²) in [4.78, 5) is 42.2. The van der Waals surface area contributed by atoms with Crippen molar-refractivity contribution in [2.24, 2.45) is 21.1 Å². The largest absolute Gasteiger partial charge is 0.443 e. The molecule has 10 heteroatoms. The third kappa shape index (κ3) is 4.92. The van der Waals surface area contributed by atoms with E-state index in [2.05, 4.69) is 28.3 Å². The highest BCUT2D eigenvalue weighted by Gasteiger charge is 2.22. The molecular formula is C36H34N6O4. The molecule has 0 amide bonds. The van der Waals surface area contributed by atoms with Crippen molar-refractivity contribution < 1.29 is 4.42 Å². The number of benzene rings is 3. The molecule has 4 aromatic heterocycles. The van der Waals surface area contributed by atoms with Gasteiger partial charge in [-0.25, -0.2) is 4.98 Å². The highest BCUT2D eigenvalue weighted by Crippen LogP contribution is 2.27. The molecule has 0 spiro atoms. The van der Waals surface area contributed by atoms with Crippen LogP contribution in [0, 0.1) is 0 Å². The quantitative estimate of drug-likeness (QED) is 0.271. The van der Waals surface area contributed by atoms with Crippen molar-refractivity contribution in [3.8, 4) is 0 Å². The lowest BCUT2D eigenvalue weighted by Crippen LogP contribution is -2.21. The predicted octanol–water partition coefficient (Wildman–Crippen LogP) is 4.31. The van der Waals surface area contributed by atoms with Crippen LogP contribution < -0.4 is 22.0 Å². The molecule has 232 valence electrons. The van der Waals surface area contributed by atoms with Gasteiger partial charge in [-0.2, -0.15) is 0 Å². The molecule has 7 aromatic rings. The number of nitrogens with one attached hydrogen (secondary N) is 1. The first-order valence-electron chi connectivity index (χ1n) is 15.1. The lowest BCUT2D eigenvalue weighted by Gasteiger charge is -2.09. The van der Waals surface area contributed by atoms with Gasteiger partial charge in [0.25, 0.3) is 16.7 Å². The van der Waals surface area contributed by atoms with Crippen molar-refractivity contribution in [2.75, 3.05) is 7.05 Å². The number of oxazole rings is 1. The van der Waals surface area contributed by atoms with Gasteiger partial charge in [-0.15, -0.1) is 0 Å². The number of nitrogens with zero attached hydrogens (tertiary/aromatic N) is 5. The van der Waals surface area contributed by atoms with E-state index in [4.69, 9.17) is 4.42 Å². The lowest BCUT2D eigenvalue weighted by atomic mass is 10.1. The summed E-state index contributed by atoms with van der Waals surface area (Å²) in [5, 5.41) is 8.70. The maximum absolute atomic E-state index is 12.1. The summed E-state index contributed by atoms with van der Waals surface area (Å²) in [5.41, 5.74) is 6.47. The van der Waals surface area contributed by atoms with Crippen LogP contribution in [-0.4, -0.2) is 30.6 Å². The third-order valence-electron chi connectivity index (χ3n) is 9.05. The molecule has 3 aromatic carbocycles. The molecule has 9 rings (SSSR count). The number of pyridine rings is 3. The van der Waals surface area contributed by atoms with Gasteiger partial charge in [-0.1, -0.05) is 36.4 Å². The molecule has 10 nitrogen and oxygen atoms in total. The molecule has 0 atom stereocenters. The normalized spacial score (nSPS) is 13.8. The van der Waals surface area contributed by atoms with Crippen molar-refractivity contribution in [3.05, 3.63) is 133 Å². The second-order valence-electron chi connectivity index (χ2n) is 11.9. The zero-order valence-electron chi connectivity index (χ0n) is 26.2. The molecule has 2 aliphatic rings. The SMILES string of the molecule is CN1Cc2c(n(C)c(=O)c3ccccc23)C1.Cn1c2c(c3ccccc3c1=O)CNC2.Cn1ccc2cc3ncoc3cc2c1=O. The summed E-state index contributed by atoms with van der Waals surface area (Å²) < 4.78 is 10.3. The minimum atomic E-state index is -0.0224. The number of aryl methyl sites for hydroxylation is 1. The summed E-state index contributed by atoms with van der Waals surface area (Å²) >= 11 is 0. The fourth-order valence-corrected chi connectivity index (χ4v) is 6.57. The molecule has 46 heavy (non-hydrogen) atoms. The Bertz CT molecular complexity index is 2490.